The van der Waals surface area contributed by atoms with Gasteiger partial charge in [0.2, 0.25) is 0 Å². The van der Waals surface area contributed by atoms with Crippen LogP contribution < -0.4 is 14.8 Å². The van der Waals surface area contributed by atoms with E-state index in [0.717, 1.165) is 27.8 Å². The average molecular weight is 438 g/mol. The van der Waals surface area contributed by atoms with Crippen LogP contribution >= 0.6 is 0 Å². The number of hydrogen-bond acceptors (Lipinski definition) is 4. The fourth-order valence-corrected chi connectivity index (χ4v) is 4.00. The number of rotatable bonds is 6. The summed E-state index contributed by atoms with van der Waals surface area (Å²) in [6, 6.07) is 19.2. The molecule has 0 aliphatic carbocycles. The van der Waals surface area contributed by atoms with Crippen molar-refractivity contribution in [3.63, 3.8) is 0 Å². The number of fused-ring (bicyclic) bond motifs is 1. The first kappa shape index (κ1) is 21.0. The third-order valence-electron chi connectivity index (χ3n) is 5.17. The Morgan fingerprint density at radius 2 is 1.74 bits per heavy atom. The normalized spacial score (nSPS) is 13.9. The minimum atomic E-state index is -3.74. The average Bonchev–Trinajstić information content (AvgIpc) is 2.76. The number of amides is 2. The molecule has 0 radical (unpaired) electrons. The Morgan fingerprint density at radius 1 is 1.03 bits per heavy atom. The number of carbonyl (C=O) groups excluding carboxylic acids is 1. The van der Waals surface area contributed by atoms with Crippen LogP contribution in [0.15, 0.2) is 66.9 Å². The number of carbonyl (C=O) groups is 1. The lowest BCUT2D eigenvalue weighted by molar-refractivity contribution is 0.209. The summed E-state index contributed by atoms with van der Waals surface area (Å²) >= 11 is 0. The highest BCUT2D eigenvalue weighted by molar-refractivity contribution is 7.87. The van der Waals surface area contributed by atoms with Crippen LogP contribution in [0.2, 0.25) is 0 Å². The van der Waals surface area contributed by atoms with Crippen molar-refractivity contribution in [2.75, 3.05) is 11.9 Å². The van der Waals surface area contributed by atoms with E-state index in [1.54, 1.807) is 23.0 Å². The summed E-state index contributed by atoms with van der Waals surface area (Å²) in [7, 11) is -1.96. The van der Waals surface area contributed by atoms with Gasteiger partial charge in [0.1, 0.15) is 5.82 Å². The molecule has 160 valence electrons. The van der Waals surface area contributed by atoms with Crippen LogP contribution in [-0.2, 0) is 29.8 Å². The van der Waals surface area contributed by atoms with Gasteiger partial charge in [0.25, 0.3) is 10.2 Å². The zero-order valence-electron chi connectivity index (χ0n) is 17.0. The molecule has 3 N–H and O–H groups in total. The molecule has 2 heterocycles. The molecular formula is C22H23N5O3S. The first-order valence-corrected chi connectivity index (χ1v) is 11.3. The van der Waals surface area contributed by atoms with Crippen molar-refractivity contribution >= 4 is 22.1 Å². The summed E-state index contributed by atoms with van der Waals surface area (Å²) in [6.07, 6.45) is 1.71. The minimum Gasteiger partial charge on any atom is -0.323 e. The summed E-state index contributed by atoms with van der Waals surface area (Å²) in [5, 5.41) is 4.99. The van der Waals surface area contributed by atoms with Crippen LogP contribution in [0.4, 0.5) is 10.6 Å². The number of anilines is 1. The number of nitrogens with one attached hydrogen (secondary N) is 1. The predicted molar refractivity (Wildman–Crippen MR) is 119 cm³/mol. The molecule has 0 saturated heterocycles. The van der Waals surface area contributed by atoms with E-state index in [-0.39, 0.29) is 12.6 Å². The van der Waals surface area contributed by atoms with Crippen molar-refractivity contribution in [2.24, 2.45) is 5.14 Å². The van der Waals surface area contributed by atoms with Crippen molar-refractivity contribution in [3.05, 3.63) is 83.6 Å². The van der Waals surface area contributed by atoms with E-state index in [9.17, 15) is 13.2 Å². The highest BCUT2D eigenvalue weighted by Gasteiger charge is 2.31. The Hall–Kier alpha value is -3.27. The van der Waals surface area contributed by atoms with E-state index in [4.69, 9.17) is 5.14 Å². The summed E-state index contributed by atoms with van der Waals surface area (Å²) < 4.78 is 24.5. The number of pyridine rings is 1. The van der Waals surface area contributed by atoms with Gasteiger partial charge in [-0.05, 0) is 28.3 Å². The van der Waals surface area contributed by atoms with Crippen LogP contribution in [-0.4, -0.2) is 31.4 Å². The highest BCUT2D eigenvalue weighted by atomic mass is 32.2. The molecule has 1 aliphatic rings. The summed E-state index contributed by atoms with van der Waals surface area (Å²) in [5.41, 5.74) is 4.72. The second kappa shape index (κ2) is 8.46. The van der Waals surface area contributed by atoms with Crippen LogP contribution in [0, 0.1) is 0 Å². The van der Waals surface area contributed by atoms with Gasteiger partial charge in [-0.25, -0.2) is 14.9 Å². The summed E-state index contributed by atoms with van der Waals surface area (Å²) in [6.45, 7) is 1.01. The fourth-order valence-electron chi connectivity index (χ4n) is 3.64. The van der Waals surface area contributed by atoms with Crippen LogP contribution in [0.1, 0.15) is 16.7 Å². The van der Waals surface area contributed by atoms with E-state index >= 15 is 0 Å². The second-order valence-electron chi connectivity index (χ2n) is 7.43. The zero-order chi connectivity index (χ0) is 22.0. The molecule has 1 aromatic heterocycles. The zero-order valence-corrected chi connectivity index (χ0v) is 17.8. The van der Waals surface area contributed by atoms with Gasteiger partial charge in [-0.1, -0.05) is 54.6 Å². The number of nitrogens with zero attached hydrogens (tertiary/aromatic N) is 3. The molecule has 9 heteroatoms. The Morgan fingerprint density at radius 3 is 2.42 bits per heavy atom. The molecule has 0 saturated carbocycles. The van der Waals surface area contributed by atoms with E-state index in [2.05, 4.69) is 9.71 Å². The summed E-state index contributed by atoms with van der Waals surface area (Å²) in [4.78, 5) is 20.8. The van der Waals surface area contributed by atoms with E-state index in [1.807, 2.05) is 60.7 Å². The molecule has 4 rings (SSSR count). The first-order chi connectivity index (χ1) is 14.8. The smallest absolute Gasteiger partial charge is 0.323 e. The molecule has 0 fully saturated rings. The third kappa shape index (κ3) is 4.74. The van der Waals surface area contributed by atoms with Gasteiger partial charge >= 0.3 is 6.03 Å². The molecule has 0 atom stereocenters. The number of benzene rings is 2. The van der Waals surface area contributed by atoms with E-state index in [0.29, 0.717) is 18.9 Å². The molecule has 2 aromatic carbocycles. The van der Waals surface area contributed by atoms with Crippen molar-refractivity contribution < 1.29 is 13.2 Å². The molecule has 1 aliphatic heterocycles. The maximum atomic E-state index is 12.9. The molecular weight excluding hydrogens is 414 g/mol. The number of hydrogen-bond donors (Lipinski definition) is 2. The molecule has 3 aromatic rings. The van der Waals surface area contributed by atoms with E-state index < -0.39 is 10.2 Å². The standard InChI is InChI=1S/C22H23N5O3S/c1-26-15-20-19(18-9-7-16(8-10-18)13-25-31(23,29)30)11-12-24-21(20)27(22(26)28)14-17-5-3-2-4-6-17/h2-12,25H,13-15H2,1H3,(H2,23,29,30). The van der Waals surface area contributed by atoms with E-state index in [1.165, 1.54) is 0 Å². The van der Waals surface area contributed by atoms with Gasteiger partial charge in [-0.15, -0.1) is 0 Å². The molecule has 0 unspecified atom stereocenters. The number of nitrogens with two attached hydrogens (primary N) is 1. The van der Waals surface area contributed by atoms with Gasteiger partial charge in [0.05, 0.1) is 13.1 Å². The lowest BCUT2D eigenvalue weighted by atomic mass is 9.98. The Labute approximate surface area is 181 Å². The molecule has 2 amide bonds. The van der Waals surface area contributed by atoms with Gasteiger partial charge in [0, 0.05) is 25.4 Å². The van der Waals surface area contributed by atoms with Crippen LogP contribution in [0.5, 0.6) is 0 Å². The van der Waals surface area contributed by atoms with Crippen LogP contribution in [0.3, 0.4) is 0 Å². The lowest BCUT2D eigenvalue weighted by Crippen LogP contribution is -2.45. The molecule has 31 heavy (non-hydrogen) atoms. The summed E-state index contributed by atoms with van der Waals surface area (Å²) in [5.74, 6) is 0.657. The monoisotopic (exact) mass is 437 g/mol. The van der Waals surface area contributed by atoms with Gasteiger partial charge in [-0.3, -0.25) is 4.90 Å². The highest BCUT2D eigenvalue weighted by Crippen LogP contribution is 2.35. The van der Waals surface area contributed by atoms with Crippen molar-refractivity contribution in [1.82, 2.24) is 14.6 Å². The first-order valence-electron chi connectivity index (χ1n) is 9.73. The molecule has 0 spiro atoms. The van der Waals surface area contributed by atoms with Crippen molar-refractivity contribution in [3.8, 4) is 11.1 Å². The second-order valence-corrected chi connectivity index (χ2v) is 8.81. The van der Waals surface area contributed by atoms with Gasteiger partial charge in [0.15, 0.2) is 0 Å². The predicted octanol–water partition coefficient (Wildman–Crippen LogP) is 2.61. The minimum absolute atomic E-state index is 0.0922. The quantitative estimate of drug-likeness (QED) is 0.618. The molecule has 0 bridgehead atoms. The number of urea groups is 1. The van der Waals surface area contributed by atoms with Crippen molar-refractivity contribution in [1.29, 1.82) is 0 Å². The maximum absolute atomic E-state index is 12.9. The Kier molecular flexibility index (Phi) is 5.73. The topological polar surface area (TPSA) is 109 Å². The van der Waals surface area contributed by atoms with Crippen LogP contribution in [0.25, 0.3) is 11.1 Å². The Balaban J connectivity index is 1.66. The van der Waals surface area contributed by atoms with Gasteiger partial charge in [-0.2, -0.15) is 13.1 Å². The number of aromatic nitrogens is 1. The van der Waals surface area contributed by atoms with Gasteiger partial charge < -0.3 is 4.90 Å². The van der Waals surface area contributed by atoms with Crippen molar-refractivity contribution in [2.45, 2.75) is 19.6 Å². The molecule has 8 nitrogen and oxygen atoms in total. The SMILES string of the molecule is CN1Cc2c(-c3ccc(CNS(N)(=O)=O)cc3)ccnc2N(Cc2ccccc2)C1=O. The fraction of sp³-hybridized carbons (Fsp3) is 0.182. The largest absolute Gasteiger partial charge is 0.326 e. The maximum Gasteiger partial charge on any atom is 0.326 e. The lowest BCUT2D eigenvalue weighted by Gasteiger charge is -2.35. The Bertz CT molecular complexity index is 1200. The third-order valence-corrected chi connectivity index (χ3v) is 5.71.